The van der Waals surface area contributed by atoms with Gasteiger partial charge in [0.1, 0.15) is 17.6 Å². The van der Waals surface area contributed by atoms with Crippen molar-refractivity contribution in [3.8, 4) is 11.5 Å². The monoisotopic (exact) mass is 663 g/mol. The summed E-state index contributed by atoms with van der Waals surface area (Å²) in [7, 11) is 0. The second-order valence-corrected chi connectivity index (χ2v) is 16.5. The topological polar surface area (TPSA) is 99.6 Å². The molecule has 6 nitrogen and oxygen atoms in total. The van der Waals surface area contributed by atoms with Crippen molar-refractivity contribution in [3.63, 3.8) is 0 Å². The van der Waals surface area contributed by atoms with Crippen LogP contribution in [-0.4, -0.2) is 18.1 Å². The summed E-state index contributed by atoms with van der Waals surface area (Å²) in [6.45, 7) is 8.23. The van der Waals surface area contributed by atoms with Crippen molar-refractivity contribution >= 4 is 17.3 Å². The number of fused-ring (bicyclic) bond motifs is 5. The molecule has 4 fully saturated rings. The number of nitrogens with one attached hydrogen (secondary N) is 1. The fourth-order valence-corrected chi connectivity index (χ4v) is 11.3. The summed E-state index contributed by atoms with van der Waals surface area (Å²) in [5.74, 6) is 5.67. The third-order valence-electron chi connectivity index (χ3n) is 13.9. The minimum absolute atomic E-state index is 0.139. The molecule has 0 bridgehead atoms. The Morgan fingerprint density at radius 1 is 0.776 bits per heavy atom. The number of hydrogen-bond donors (Lipinski definition) is 3. The molecule has 0 spiro atoms. The van der Waals surface area contributed by atoms with Crippen LogP contribution in [0.2, 0.25) is 0 Å². The summed E-state index contributed by atoms with van der Waals surface area (Å²) in [5.41, 5.74) is 15.2. The van der Waals surface area contributed by atoms with Crippen LogP contribution in [0, 0.1) is 46.3 Å². The molecule has 49 heavy (non-hydrogen) atoms. The Labute approximate surface area is 293 Å². The number of anilines is 2. The van der Waals surface area contributed by atoms with Crippen molar-refractivity contribution in [3.05, 3.63) is 84.4 Å². The Morgan fingerprint density at radius 3 is 2.10 bits per heavy atom. The predicted molar refractivity (Wildman–Crippen MR) is 198 cm³/mol. The van der Waals surface area contributed by atoms with E-state index in [0.29, 0.717) is 53.9 Å². The smallest absolute Gasteiger partial charge is 0.220 e. The van der Waals surface area contributed by atoms with Crippen LogP contribution in [0.25, 0.3) is 0 Å². The average molecular weight is 664 g/mol. The van der Waals surface area contributed by atoms with Gasteiger partial charge in [0.2, 0.25) is 5.91 Å². The van der Waals surface area contributed by atoms with Crippen molar-refractivity contribution in [2.24, 2.45) is 46.3 Å². The summed E-state index contributed by atoms with van der Waals surface area (Å²) in [4.78, 5) is 12.9. The lowest BCUT2D eigenvalue weighted by molar-refractivity contribution is -0.164. The van der Waals surface area contributed by atoms with Gasteiger partial charge in [-0.15, -0.1) is 0 Å². The highest BCUT2D eigenvalue weighted by molar-refractivity contribution is 5.75. The molecule has 4 saturated carbocycles. The molecule has 0 heterocycles. The van der Waals surface area contributed by atoms with E-state index in [4.69, 9.17) is 20.9 Å². The highest BCUT2D eigenvalue weighted by atomic mass is 16.5. The zero-order chi connectivity index (χ0) is 34.2. The standard InChI is InChI=1S/C43H57N3O3/c1-28(9-20-41(47)46-27-29-7-5-4-6-8-29)36-18-19-37-35-26-40(49-33-16-12-31(45)13-17-33)39-25-34(48-32-14-10-30(44)11-15-32)21-23-43(39,3)38(35)22-24-42(36,37)2/h4-8,10-17,28,34-40H,9,18-27,44-45H2,1-3H3,(H,46,47)/t28-,34?,35+,36-,37+,38+,39?,40?,42-,43-/m1/s1. The lowest BCUT2D eigenvalue weighted by Crippen LogP contribution is -2.59. The van der Waals surface area contributed by atoms with Crippen LogP contribution >= 0.6 is 0 Å². The maximum atomic E-state index is 12.9. The maximum Gasteiger partial charge on any atom is 0.220 e. The molecule has 262 valence electrons. The van der Waals surface area contributed by atoms with E-state index in [-0.39, 0.29) is 23.5 Å². The quantitative estimate of drug-likeness (QED) is 0.188. The molecule has 1 amide bonds. The predicted octanol–water partition coefficient (Wildman–Crippen LogP) is 9.05. The SMILES string of the molecule is C[C@H](CCC(=O)NCc1ccccc1)[C@H]1CC[C@H]2[C@@H]3CC(Oc4ccc(N)cc4)C4CC(Oc5ccc(N)cc5)CC[C@]4(C)[C@H]3CC[C@]12C. The second kappa shape index (κ2) is 13.9. The summed E-state index contributed by atoms with van der Waals surface area (Å²) >= 11 is 0. The van der Waals surface area contributed by atoms with Gasteiger partial charge in [0.05, 0.1) is 6.10 Å². The number of amides is 1. The van der Waals surface area contributed by atoms with E-state index in [9.17, 15) is 4.79 Å². The minimum Gasteiger partial charge on any atom is -0.490 e. The van der Waals surface area contributed by atoms with Gasteiger partial charge in [-0.3, -0.25) is 4.79 Å². The van der Waals surface area contributed by atoms with Crippen molar-refractivity contribution in [1.82, 2.24) is 5.32 Å². The van der Waals surface area contributed by atoms with Gasteiger partial charge in [-0.2, -0.15) is 0 Å². The van der Waals surface area contributed by atoms with E-state index < -0.39 is 0 Å². The number of hydrogen-bond acceptors (Lipinski definition) is 5. The zero-order valence-corrected chi connectivity index (χ0v) is 29.8. The first-order chi connectivity index (χ1) is 23.6. The number of nitrogens with two attached hydrogens (primary N) is 2. The van der Waals surface area contributed by atoms with Crippen LogP contribution < -0.4 is 26.3 Å². The number of carbonyl (C=O) groups is 1. The van der Waals surface area contributed by atoms with E-state index in [0.717, 1.165) is 54.1 Å². The molecule has 3 aromatic carbocycles. The van der Waals surface area contributed by atoms with Gasteiger partial charge in [-0.1, -0.05) is 51.1 Å². The van der Waals surface area contributed by atoms with Crippen molar-refractivity contribution in [2.45, 2.75) is 104 Å². The third-order valence-corrected chi connectivity index (χ3v) is 13.9. The largest absolute Gasteiger partial charge is 0.490 e. The number of ether oxygens (including phenoxy) is 2. The highest BCUT2D eigenvalue weighted by Crippen LogP contribution is 2.68. The maximum absolute atomic E-state index is 12.9. The van der Waals surface area contributed by atoms with E-state index >= 15 is 0 Å². The van der Waals surface area contributed by atoms with E-state index in [2.05, 4.69) is 38.2 Å². The number of carbonyl (C=O) groups excluding carboxylic acids is 1. The Hall–Kier alpha value is -3.67. The van der Waals surface area contributed by atoms with Crippen molar-refractivity contribution in [1.29, 1.82) is 0 Å². The Kier molecular flexibility index (Phi) is 9.60. The zero-order valence-electron chi connectivity index (χ0n) is 29.8. The molecule has 7 rings (SSSR count). The molecule has 0 aromatic heterocycles. The molecule has 0 radical (unpaired) electrons. The van der Waals surface area contributed by atoms with Crippen LogP contribution in [0.3, 0.4) is 0 Å². The van der Waals surface area contributed by atoms with Gasteiger partial charge in [0.25, 0.3) is 0 Å². The van der Waals surface area contributed by atoms with Gasteiger partial charge >= 0.3 is 0 Å². The molecule has 5 N–H and O–H groups in total. The highest BCUT2D eigenvalue weighted by Gasteiger charge is 2.63. The first-order valence-electron chi connectivity index (χ1n) is 19.0. The van der Waals surface area contributed by atoms with Crippen LogP contribution in [-0.2, 0) is 11.3 Å². The van der Waals surface area contributed by atoms with Crippen LogP contribution in [0.4, 0.5) is 11.4 Å². The normalized spacial score (nSPS) is 34.1. The van der Waals surface area contributed by atoms with Crippen LogP contribution in [0.5, 0.6) is 11.5 Å². The Balaban J connectivity index is 1.06. The molecule has 4 aliphatic carbocycles. The second-order valence-electron chi connectivity index (χ2n) is 16.5. The summed E-state index contributed by atoms with van der Waals surface area (Å²) < 4.78 is 13.6. The van der Waals surface area contributed by atoms with Gasteiger partial charge < -0.3 is 26.3 Å². The number of nitrogen functional groups attached to an aromatic ring is 2. The first kappa shape index (κ1) is 33.8. The third kappa shape index (κ3) is 6.90. The molecule has 3 aromatic rings. The molecular weight excluding hydrogens is 606 g/mol. The lowest BCUT2D eigenvalue weighted by Gasteiger charge is -2.63. The first-order valence-corrected chi connectivity index (χ1v) is 19.0. The van der Waals surface area contributed by atoms with E-state index in [1.165, 1.54) is 32.1 Å². The van der Waals surface area contributed by atoms with Gasteiger partial charge in [-0.05, 0) is 152 Å². The van der Waals surface area contributed by atoms with Gasteiger partial charge in [0.15, 0.2) is 0 Å². The number of benzene rings is 3. The van der Waals surface area contributed by atoms with E-state index in [1.54, 1.807) is 0 Å². The minimum atomic E-state index is 0.139. The lowest BCUT2D eigenvalue weighted by atomic mass is 9.43. The summed E-state index contributed by atoms with van der Waals surface area (Å²) in [6, 6.07) is 26.0. The van der Waals surface area contributed by atoms with Gasteiger partial charge in [-0.25, -0.2) is 0 Å². The molecule has 3 unspecified atom stereocenters. The number of rotatable bonds is 10. The molecule has 0 aliphatic heterocycles. The molecule has 0 saturated heterocycles. The van der Waals surface area contributed by atoms with Crippen LogP contribution in [0.15, 0.2) is 78.9 Å². The Bertz CT molecular complexity index is 1560. The summed E-state index contributed by atoms with van der Waals surface area (Å²) in [5, 5.41) is 3.15. The summed E-state index contributed by atoms with van der Waals surface area (Å²) in [6.07, 6.45) is 11.4. The fourth-order valence-electron chi connectivity index (χ4n) is 11.3. The Morgan fingerprint density at radius 2 is 1.41 bits per heavy atom. The molecule has 4 aliphatic rings. The molecule has 10 atom stereocenters. The fraction of sp³-hybridized carbons (Fsp3) is 0.558. The van der Waals surface area contributed by atoms with Crippen LogP contribution in [0.1, 0.15) is 90.5 Å². The molecule has 6 heteroatoms. The van der Waals surface area contributed by atoms with Crippen molar-refractivity contribution in [2.75, 3.05) is 11.5 Å². The van der Waals surface area contributed by atoms with Gasteiger partial charge in [0, 0.05) is 30.3 Å². The molecular formula is C43H57N3O3. The van der Waals surface area contributed by atoms with Crippen molar-refractivity contribution < 1.29 is 14.3 Å². The van der Waals surface area contributed by atoms with E-state index in [1.807, 2.05) is 66.7 Å². The average Bonchev–Trinajstić information content (AvgIpc) is 3.46.